The second-order valence-corrected chi connectivity index (χ2v) is 9.13. The summed E-state index contributed by atoms with van der Waals surface area (Å²) in [5, 5.41) is 3.21. The van der Waals surface area contributed by atoms with E-state index in [1.54, 1.807) is 18.3 Å². The molecule has 0 radical (unpaired) electrons. The summed E-state index contributed by atoms with van der Waals surface area (Å²) in [5.41, 5.74) is 3.63. The Kier molecular flexibility index (Phi) is 7.73. The molecular formula is C29H33N3O2. The van der Waals surface area contributed by atoms with E-state index in [2.05, 4.69) is 53.6 Å². The number of amides is 2. The number of piperidine rings is 1. The van der Waals surface area contributed by atoms with E-state index in [9.17, 15) is 9.59 Å². The summed E-state index contributed by atoms with van der Waals surface area (Å²) >= 11 is 0. The third-order valence-corrected chi connectivity index (χ3v) is 6.89. The van der Waals surface area contributed by atoms with Crippen LogP contribution in [0, 0.1) is 5.41 Å². The van der Waals surface area contributed by atoms with Gasteiger partial charge in [0.2, 0.25) is 5.91 Å². The monoisotopic (exact) mass is 455 g/mol. The molecule has 1 aromatic heterocycles. The number of carbonyl (C=O) groups excluding carboxylic acids is 2. The fourth-order valence-corrected chi connectivity index (χ4v) is 4.71. The van der Waals surface area contributed by atoms with Crippen LogP contribution in [-0.4, -0.2) is 41.3 Å². The summed E-state index contributed by atoms with van der Waals surface area (Å²) in [6, 6.07) is 24.2. The molecule has 2 amide bonds. The van der Waals surface area contributed by atoms with E-state index in [4.69, 9.17) is 0 Å². The molecule has 0 spiro atoms. The number of likely N-dealkylation sites (tertiary alicyclic amines) is 1. The smallest absolute Gasteiger partial charge is 0.272 e. The Hall–Kier alpha value is -3.47. The van der Waals surface area contributed by atoms with Gasteiger partial charge in [-0.15, -0.1) is 0 Å². The van der Waals surface area contributed by atoms with Crippen LogP contribution >= 0.6 is 0 Å². The second kappa shape index (κ2) is 11.1. The highest BCUT2D eigenvalue weighted by atomic mass is 16.2. The van der Waals surface area contributed by atoms with Gasteiger partial charge in [0.05, 0.1) is 5.41 Å². The predicted molar refractivity (Wildman–Crippen MR) is 134 cm³/mol. The average molecular weight is 456 g/mol. The summed E-state index contributed by atoms with van der Waals surface area (Å²) in [4.78, 5) is 32.4. The first-order chi connectivity index (χ1) is 16.6. The second-order valence-electron chi connectivity index (χ2n) is 9.13. The van der Waals surface area contributed by atoms with Crippen molar-refractivity contribution < 1.29 is 9.59 Å². The molecule has 1 saturated heterocycles. The number of hydrogen-bond acceptors (Lipinski definition) is 3. The topological polar surface area (TPSA) is 62.3 Å². The predicted octanol–water partition coefficient (Wildman–Crippen LogP) is 4.47. The molecule has 2 aromatic carbocycles. The van der Waals surface area contributed by atoms with Gasteiger partial charge in [0.25, 0.3) is 5.91 Å². The number of nitrogens with zero attached hydrogens (tertiary/aromatic N) is 2. The van der Waals surface area contributed by atoms with E-state index in [1.165, 1.54) is 11.1 Å². The van der Waals surface area contributed by atoms with Crippen molar-refractivity contribution in [1.82, 2.24) is 15.2 Å². The van der Waals surface area contributed by atoms with Gasteiger partial charge in [0, 0.05) is 25.8 Å². The molecule has 1 fully saturated rings. The van der Waals surface area contributed by atoms with Crippen molar-refractivity contribution in [2.45, 2.75) is 39.0 Å². The maximum atomic E-state index is 13.5. The molecule has 176 valence electrons. The fraction of sp³-hybridized carbons (Fsp3) is 0.345. The minimum Gasteiger partial charge on any atom is -0.355 e. The van der Waals surface area contributed by atoms with Crippen molar-refractivity contribution >= 4 is 11.8 Å². The maximum absolute atomic E-state index is 13.5. The average Bonchev–Trinajstić information content (AvgIpc) is 2.90. The molecule has 34 heavy (non-hydrogen) atoms. The van der Waals surface area contributed by atoms with Crippen LogP contribution in [-0.2, 0) is 24.1 Å². The number of hydrogen-bond donors (Lipinski definition) is 1. The van der Waals surface area contributed by atoms with E-state index < -0.39 is 5.41 Å². The number of benzene rings is 2. The third kappa shape index (κ3) is 5.71. The molecule has 3 aromatic rings. The molecule has 0 aliphatic carbocycles. The Morgan fingerprint density at radius 3 is 2.21 bits per heavy atom. The zero-order valence-corrected chi connectivity index (χ0v) is 19.9. The Bertz CT molecular complexity index is 1070. The van der Waals surface area contributed by atoms with Crippen molar-refractivity contribution in [2.24, 2.45) is 5.41 Å². The van der Waals surface area contributed by atoms with Crippen LogP contribution in [0.1, 0.15) is 46.9 Å². The van der Waals surface area contributed by atoms with Crippen molar-refractivity contribution in [1.29, 1.82) is 0 Å². The molecule has 5 nitrogen and oxygen atoms in total. The number of pyridine rings is 1. The minimum absolute atomic E-state index is 0.0650. The summed E-state index contributed by atoms with van der Waals surface area (Å²) in [6.45, 7) is 3.86. The Morgan fingerprint density at radius 2 is 1.56 bits per heavy atom. The van der Waals surface area contributed by atoms with Gasteiger partial charge in [-0.3, -0.25) is 14.6 Å². The van der Waals surface area contributed by atoms with Gasteiger partial charge in [0.15, 0.2) is 0 Å². The van der Waals surface area contributed by atoms with Gasteiger partial charge in [-0.05, 0) is 60.9 Å². The standard InChI is InChI=1S/C29H33N3O2/c1-2-23-11-13-24(14-12-23)15-19-31-28(34)29(22-25-8-4-3-5-9-25)16-20-32(21-17-29)27(33)26-10-6-7-18-30-26/h3-14,18H,2,15-17,19-22H2,1H3,(H,31,34). The molecule has 5 heteroatoms. The van der Waals surface area contributed by atoms with E-state index in [0.717, 1.165) is 18.4 Å². The lowest BCUT2D eigenvalue weighted by atomic mass is 9.73. The number of carbonyl (C=O) groups is 2. The van der Waals surface area contributed by atoms with E-state index in [0.29, 0.717) is 44.6 Å². The highest BCUT2D eigenvalue weighted by molar-refractivity contribution is 5.92. The lowest BCUT2D eigenvalue weighted by molar-refractivity contribution is -0.133. The van der Waals surface area contributed by atoms with Gasteiger partial charge in [-0.2, -0.15) is 0 Å². The molecule has 0 bridgehead atoms. The Balaban J connectivity index is 1.42. The normalized spacial score (nSPS) is 15.0. The first-order valence-corrected chi connectivity index (χ1v) is 12.2. The lowest BCUT2D eigenvalue weighted by Crippen LogP contribution is -2.51. The number of rotatable bonds is 8. The molecule has 1 aliphatic rings. The molecule has 1 N–H and O–H groups in total. The zero-order chi connectivity index (χ0) is 23.8. The molecule has 4 rings (SSSR count). The van der Waals surface area contributed by atoms with Crippen LogP contribution in [0.5, 0.6) is 0 Å². The summed E-state index contributed by atoms with van der Waals surface area (Å²) in [7, 11) is 0. The lowest BCUT2D eigenvalue weighted by Gasteiger charge is -2.40. The van der Waals surface area contributed by atoms with Gasteiger partial charge in [-0.25, -0.2) is 0 Å². The molecular weight excluding hydrogens is 422 g/mol. The van der Waals surface area contributed by atoms with Crippen molar-refractivity contribution in [3.8, 4) is 0 Å². The molecule has 0 saturated carbocycles. The van der Waals surface area contributed by atoms with Crippen LogP contribution in [0.15, 0.2) is 79.0 Å². The summed E-state index contributed by atoms with van der Waals surface area (Å²) < 4.78 is 0. The van der Waals surface area contributed by atoms with Crippen LogP contribution < -0.4 is 5.32 Å². The quantitative estimate of drug-likeness (QED) is 0.545. The van der Waals surface area contributed by atoms with E-state index >= 15 is 0 Å². The van der Waals surface area contributed by atoms with Crippen LogP contribution in [0.2, 0.25) is 0 Å². The Labute approximate surface area is 202 Å². The van der Waals surface area contributed by atoms with E-state index in [-0.39, 0.29) is 11.8 Å². The van der Waals surface area contributed by atoms with Gasteiger partial charge >= 0.3 is 0 Å². The van der Waals surface area contributed by atoms with Gasteiger partial charge in [0.1, 0.15) is 5.69 Å². The largest absolute Gasteiger partial charge is 0.355 e. The fourth-order valence-electron chi connectivity index (χ4n) is 4.71. The first kappa shape index (κ1) is 23.7. The minimum atomic E-state index is -0.520. The molecule has 0 unspecified atom stereocenters. The number of aryl methyl sites for hydroxylation is 1. The molecule has 2 heterocycles. The first-order valence-electron chi connectivity index (χ1n) is 12.2. The molecule has 0 atom stereocenters. The van der Waals surface area contributed by atoms with Gasteiger partial charge < -0.3 is 10.2 Å². The summed E-state index contributed by atoms with van der Waals surface area (Å²) in [5.74, 6) is 0.0244. The van der Waals surface area contributed by atoms with Crippen molar-refractivity contribution in [3.05, 3.63) is 101 Å². The van der Waals surface area contributed by atoms with Crippen molar-refractivity contribution in [2.75, 3.05) is 19.6 Å². The summed E-state index contributed by atoms with van der Waals surface area (Å²) in [6.07, 6.45) is 5.42. The third-order valence-electron chi connectivity index (χ3n) is 6.89. The Morgan fingerprint density at radius 1 is 0.882 bits per heavy atom. The number of nitrogens with one attached hydrogen (secondary N) is 1. The highest BCUT2D eigenvalue weighted by Crippen LogP contribution is 2.36. The maximum Gasteiger partial charge on any atom is 0.272 e. The van der Waals surface area contributed by atoms with Crippen LogP contribution in [0.3, 0.4) is 0 Å². The van der Waals surface area contributed by atoms with E-state index in [1.807, 2.05) is 29.2 Å². The molecule has 1 aliphatic heterocycles. The zero-order valence-electron chi connectivity index (χ0n) is 19.9. The number of aromatic nitrogens is 1. The van der Waals surface area contributed by atoms with Crippen molar-refractivity contribution in [3.63, 3.8) is 0 Å². The van der Waals surface area contributed by atoms with Crippen LogP contribution in [0.4, 0.5) is 0 Å². The SMILES string of the molecule is CCc1ccc(CCNC(=O)C2(Cc3ccccc3)CCN(C(=O)c3ccccn3)CC2)cc1. The van der Waals surface area contributed by atoms with Gasteiger partial charge in [-0.1, -0.05) is 67.6 Å². The van der Waals surface area contributed by atoms with Crippen LogP contribution in [0.25, 0.3) is 0 Å². The highest BCUT2D eigenvalue weighted by Gasteiger charge is 2.42.